The topological polar surface area (TPSA) is 69.6 Å². The van der Waals surface area contributed by atoms with E-state index in [1.165, 1.54) is 0 Å². The quantitative estimate of drug-likeness (QED) is 0.735. The van der Waals surface area contributed by atoms with Crippen molar-refractivity contribution in [2.45, 2.75) is 50.7 Å². The average molecular weight is 250 g/mol. The first-order valence-corrected chi connectivity index (χ1v) is 6.36. The van der Waals surface area contributed by atoms with Crippen molar-refractivity contribution in [3.63, 3.8) is 0 Å². The lowest BCUT2D eigenvalue weighted by Gasteiger charge is -2.25. The van der Waals surface area contributed by atoms with Crippen LogP contribution in [0.25, 0.3) is 0 Å². The number of carboxylic acid groups (broad SMARTS) is 1. The fraction of sp³-hybridized carbons (Fsp3) is 0.692. The van der Waals surface area contributed by atoms with Crippen LogP contribution in [-0.4, -0.2) is 40.1 Å². The zero-order valence-electron chi connectivity index (χ0n) is 10.4. The van der Waals surface area contributed by atoms with Crippen LogP contribution in [0.3, 0.4) is 0 Å². The monoisotopic (exact) mass is 250 g/mol. The van der Waals surface area contributed by atoms with Crippen molar-refractivity contribution in [3.8, 4) is 12.3 Å². The minimum Gasteiger partial charge on any atom is -0.481 e. The van der Waals surface area contributed by atoms with Crippen LogP contribution in [0, 0.1) is 18.3 Å². The van der Waals surface area contributed by atoms with Gasteiger partial charge in [0.15, 0.2) is 0 Å². The molecule has 18 heavy (non-hydrogen) atoms. The van der Waals surface area contributed by atoms with Gasteiger partial charge in [0.25, 0.3) is 0 Å². The molecule has 98 valence electrons. The summed E-state index contributed by atoms with van der Waals surface area (Å²) in [6, 6.07) is -0.592. The fourth-order valence-electron chi connectivity index (χ4n) is 3.06. The highest BCUT2D eigenvalue weighted by atomic mass is 16.4. The Balaban J connectivity index is 2.04. The molecule has 0 aromatic carbocycles. The molecular weight excluding hydrogens is 232 g/mol. The molecule has 0 aromatic rings. The summed E-state index contributed by atoms with van der Waals surface area (Å²) < 4.78 is 0. The third kappa shape index (κ3) is 2.03. The van der Waals surface area contributed by atoms with Gasteiger partial charge in [0.1, 0.15) is 0 Å². The van der Waals surface area contributed by atoms with Gasteiger partial charge in [0, 0.05) is 12.1 Å². The summed E-state index contributed by atoms with van der Waals surface area (Å²) in [4.78, 5) is 24.9. The van der Waals surface area contributed by atoms with Crippen molar-refractivity contribution in [1.82, 2.24) is 10.2 Å². The highest BCUT2D eigenvalue weighted by molar-refractivity contribution is 5.79. The Bertz CT molecular complexity index is 402. The third-order valence-electron chi connectivity index (χ3n) is 4.00. The Morgan fingerprint density at radius 2 is 2.28 bits per heavy atom. The van der Waals surface area contributed by atoms with Crippen molar-refractivity contribution >= 4 is 12.0 Å². The second-order valence-electron chi connectivity index (χ2n) is 4.96. The lowest BCUT2D eigenvalue weighted by atomic mass is 9.89. The lowest BCUT2D eigenvalue weighted by Crippen LogP contribution is -2.47. The fourth-order valence-corrected chi connectivity index (χ4v) is 3.06. The maximum Gasteiger partial charge on any atom is 0.318 e. The summed E-state index contributed by atoms with van der Waals surface area (Å²) in [6.07, 6.45) is 8.23. The second kappa shape index (κ2) is 4.89. The molecule has 2 heterocycles. The lowest BCUT2D eigenvalue weighted by molar-refractivity contribution is -0.142. The van der Waals surface area contributed by atoms with Crippen LogP contribution in [0.2, 0.25) is 0 Å². The first-order valence-electron chi connectivity index (χ1n) is 6.36. The van der Waals surface area contributed by atoms with E-state index in [1.807, 2.05) is 6.92 Å². The number of hydrogen-bond acceptors (Lipinski definition) is 2. The smallest absolute Gasteiger partial charge is 0.318 e. The van der Waals surface area contributed by atoms with Crippen LogP contribution in [-0.2, 0) is 4.79 Å². The Morgan fingerprint density at radius 3 is 2.78 bits per heavy atom. The predicted molar refractivity (Wildman–Crippen MR) is 65.8 cm³/mol. The van der Waals surface area contributed by atoms with Gasteiger partial charge in [-0.2, -0.15) is 0 Å². The van der Waals surface area contributed by atoms with Crippen LogP contribution < -0.4 is 5.32 Å². The molecule has 2 aliphatic rings. The molecule has 5 nitrogen and oxygen atoms in total. The van der Waals surface area contributed by atoms with Gasteiger partial charge in [-0.1, -0.05) is 12.8 Å². The van der Waals surface area contributed by atoms with Crippen LogP contribution in [0.15, 0.2) is 0 Å². The Kier molecular flexibility index (Phi) is 3.46. The van der Waals surface area contributed by atoms with E-state index in [9.17, 15) is 9.59 Å². The number of terminal acetylenes is 1. The molecule has 2 fully saturated rings. The molecule has 0 saturated carbocycles. The first-order chi connectivity index (χ1) is 8.58. The van der Waals surface area contributed by atoms with Crippen molar-refractivity contribution in [1.29, 1.82) is 0 Å². The van der Waals surface area contributed by atoms with Crippen molar-refractivity contribution in [3.05, 3.63) is 0 Å². The number of carbonyl (C=O) groups excluding carboxylic acids is 1. The summed E-state index contributed by atoms with van der Waals surface area (Å²) >= 11 is 0. The highest BCUT2D eigenvalue weighted by Crippen LogP contribution is 2.41. The number of aliphatic carboxylic acids is 1. The van der Waals surface area contributed by atoms with Crippen molar-refractivity contribution < 1.29 is 14.7 Å². The minimum atomic E-state index is -0.802. The van der Waals surface area contributed by atoms with Crippen LogP contribution >= 0.6 is 0 Å². The predicted octanol–water partition coefficient (Wildman–Crippen LogP) is 1.05. The Labute approximate surface area is 107 Å². The number of urea groups is 1. The summed E-state index contributed by atoms with van der Waals surface area (Å²) in [5.74, 6) is 1.30. The van der Waals surface area contributed by atoms with E-state index >= 15 is 0 Å². The maximum absolute atomic E-state index is 12.1. The third-order valence-corrected chi connectivity index (χ3v) is 4.00. The normalized spacial score (nSPS) is 30.9. The van der Waals surface area contributed by atoms with Crippen molar-refractivity contribution in [2.75, 3.05) is 0 Å². The molecular formula is C13H18N2O3. The summed E-state index contributed by atoms with van der Waals surface area (Å²) in [7, 11) is 0. The van der Waals surface area contributed by atoms with E-state index in [2.05, 4.69) is 11.2 Å². The number of rotatable bonds is 3. The van der Waals surface area contributed by atoms with Gasteiger partial charge >= 0.3 is 12.0 Å². The summed E-state index contributed by atoms with van der Waals surface area (Å²) in [5, 5.41) is 11.9. The number of carbonyl (C=O) groups is 2. The van der Waals surface area contributed by atoms with Gasteiger partial charge in [-0.15, -0.1) is 6.42 Å². The summed E-state index contributed by atoms with van der Waals surface area (Å²) in [6.45, 7) is 1.91. The zero-order valence-corrected chi connectivity index (χ0v) is 10.4. The second-order valence-corrected chi connectivity index (χ2v) is 4.96. The van der Waals surface area contributed by atoms with Gasteiger partial charge in [0.05, 0.1) is 12.0 Å². The molecule has 2 bridgehead atoms. The molecule has 2 rings (SSSR count). The maximum atomic E-state index is 12.1. The number of nitrogens with one attached hydrogen (secondary N) is 1. The van der Waals surface area contributed by atoms with Gasteiger partial charge in [0.2, 0.25) is 0 Å². The molecule has 0 spiro atoms. The molecule has 0 aromatic heterocycles. The molecule has 2 saturated heterocycles. The molecule has 4 unspecified atom stereocenters. The van der Waals surface area contributed by atoms with Crippen LogP contribution in [0.1, 0.15) is 32.6 Å². The van der Waals surface area contributed by atoms with Gasteiger partial charge in [-0.3, -0.25) is 4.79 Å². The van der Waals surface area contributed by atoms with E-state index in [0.29, 0.717) is 12.8 Å². The minimum absolute atomic E-state index is 0.0615. The first kappa shape index (κ1) is 12.7. The van der Waals surface area contributed by atoms with E-state index < -0.39 is 11.9 Å². The van der Waals surface area contributed by atoms with Crippen LogP contribution in [0.5, 0.6) is 0 Å². The van der Waals surface area contributed by atoms with E-state index in [0.717, 1.165) is 12.8 Å². The highest BCUT2D eigenvalue weighted by Gasteiger charge is 2.51. The molecule has 4 atom stereocenters. The molecule has 0 aliphatic carbocycles. The SMILES string of the molecule is C#CC(CC)NC(=O)N1C2CCC1C(C(=O)O)C2. The van der Waals surface area contributed by atoms with Gasteiger partial charge in [-0.25, -0.2) is 4.79 Å². The van der Waals surface area contributed by atoms with Crippen LogP contribution in [0.4, 0.5) is 4.79 Å². The molecule has 2 aliphatic heterocycles. The van der Waals surface area contributed by atoms with E-state index in [-0.39, 0.29) is 24.2 Å². The zero-order chi connectivity index (χ0) is 13.3. The molecule has 2 N–H and O–H groups in total. The Morgan fingerprint density at radius 1 is 1.56 bits per heavy atom. The number of hydrogen-bond donors (Lipinski definition) is 2. The van der Waals surface area contributed by atoms with E-state index in [4.69, 9.17) is 11.5 Å². The number of fused-ring (bicyclic) bond motifs is 2. The van der Waals surface area contributed by atoms with Gasteiger partial charge < -0.3 is 15.3 Å². The largest absolute Gasteiger partial charge is 0.481 e. The van der Waals surface area contributed by atoms with E-state index in [1.54, 1.807) is 4.90 Å². The standard InChI is InChI=1S/C13H18N2O3/c1-3-8(4-2)14-13(18)15-9-5-6-11(15)10(7-9)12(16)17/h1,8-11H,4-7H2,2H3,(H,14,18)(H,16,17). The average Bonchev–Trinajstić information content (AvgIpc) is 2.93. The number of carboxylic acids is 1. The van der Waals surface area contributed by atoms with Crippen molar-refractivity contribution in [2.24, 2.45) is 5.92 Å². The Hall–Kier alpha value is -1.70. The number of amides is 2. The van der Waals surface area contributed by atoms with Gasteiger partial charge in [-0.05, 0) is 25.7 Å². The molecule has 5 heteroatoms. The summed E-state index contributed by atoms with van der Waals surface area (Å²) in [5.41, 5.74) is 0. The molecule has 0 radical (unpaired) electrons. The number of nitrogens with zero attached hydrogens (tertiary/aromatic N) is 1. The molecule has 2 amide bonds.